The van der Waals surface area contributed by atoms with Crippen molar-refractivity contribution in [1.82, 2.24) is 13.9 Å². The predicted molar refractivity (Wildman–Crippen MR) is 106 cm³/mol. The maximum atomic E-state index is 12.8. The highest BCUT2D eigenvalue weighted by atomic mass is 35.5. The Labute approximate surface area is 169 Å². The van der Waals surface area contributed by atoms with Crippen molar-refractivity contribution in [2.45, 2.75) is 13.0 Å². The first-order valence-electron chi connectivity index (χ1n) is 8.88. The molecule has 1 aliphatic heterocycles. The van der Waals surface area contributed by atoms with E-state index in [1.54, 1.807) is 24.3 Å². The number of pyridine rings is 1. The maximum Gasteiger partial charge on any atom is 0.279 e. The summed E-state index contributed by atoms with van der Waals surface area (Å²) in [6.45, 7) is 0.352. The van der Waals surface area contributed by atoms with Gasteiger partial charge in [0.05, 0.1) is 13.1 Å². The number of halogens is 1. The molecule has 0 unspecified atom stereocenters. The Morgan fingerprint density at radius 1 is 1.17 bits per heavy atom. The van der Waals surface area contributed by atoms with Crippen LogP contribution in [-0.4, -0.2) is 43.8 Å². The number of aromatic hydroxyl groups is 1. The van der Waals surface area contributed by atoms with Crippen LogP contribution in [-0.2, 0) is 11.3 Å². The maximum absolute atomic E-state index is 12.8. The monoisotopic (exact) mass is 413 g/mol. The fourth-order valence-corrected chi connectivity index (χ4v) is 3.60. The molecule has 1 N–H and O–H groups in total. The minimum absolute atomic E-state index is 0.0665. The van der Waals surface area contributed by atoms with Gasteiger partial charge in [0.2, 0.25) is 5.43 Å². The third-order valence-corrected chi connectivity index (χ3v) is 5.10. The first-order chi connectivity index (χ1) is 13.8. The van der Waals surface area contributed by atoms with Gasteiger partial charge in [-0.25, -0.2) is 0 Å². The number of nitrogens with zero attached hydrogens (tertiary/aromatic N) is 3. The lowest BCUT2D eigenvalue weighted by Gasteiger charge is -2.15. The molecule has 3 aromatic rings. The largest absolute Gasteiger partial charge is 0.503 e. The van der Waals surface area contributed by atoms with Crippen LogP contribution in [0.2, 0.25) is 5.02 Å². The van der Waals surface area contributed by atoms with E-state index in [1.165, 1.54) is 32.5 Å². The molecule has 3 heterocycles. The van der Waals surface area contributed by atoms with Gasteiger partial charge < -0.3 is 19.0 Å². The lowest BCUT2D eigenvalue weighted by molar-refractivity contribution is -0.116. The van der Waals surface area contributed by atoms with Crippen molar-refractivity contribution < 1.29 is 14.7 Å². The molecule has 29 heavy (non-hydrogen) atoms. The van der Waals surface area contributed by atoms with E-state index < -0.39 is 22.6 Å². The highest BCUT2D eigenvalue weighted by Gasteiger charge is 2.28. The molecule has 1 amide bonds. The molecule has 9 heteroatoms. The van der Waals surface area contributed by atoms with Crippen molar-refractivity contribution in [3.05, 3.63) is 79.6 Å². The van der Waals surface area contributed by atoms with E-state index in [9.17, 15) is 24.3 Å². The van der Waals surface area contributed by atoms with E-state index in [-0.39, 0.29) is 42.9 Å². The van der Waals surface area contributed by atoms with Gasteiger partial charge in [0, 0.05) is 36.6 Å². The van der Waals surface area contributed by atoms with E-state index in [2.05, 4.69) is 0 Å². The van der Waals surface area contributed by atoms with E-state index >= 15 is 0 Å². The number of rotatable bonds is 3. The average Bonchev–Trinajstić information content (AvgIpc) is 3.12. The first kappa shape index (κ1) is 18.9. The SMILES string of the molecule is O=C1CCN(C(=O)c2cn3ccn(Cc4cccc(Cl)c4)c(=O)c3c(O)c2=O)C1. The molecule has 0 aliphatic carbocycles. The Hall–Kier alpha value is -3.39. The Kier molecular flexibility index (Phi) is 4.71. The quantitative estimate of drug-likeness (QED) is 0.697. The third-order valence-electron chi connectivity index (χ3n) is 4.87. The molecular weight excluding hydrogens is 398 g/mol. The molecule has 148 valence electrons. The second-order valence-electron chi connectivity index (χ2n) is 6.85. The van der Waals surface area contributed by atoms with E-state index in [0.717, 1.165) is 5.56 Å². The van der Waals surface area contributed by atoms with Gasteiger partial charge in [-0.2, -0.15) is 0 Å². The number of carbonyl (C=O) groups is 2. The number of hydrogen-bond acceptors (Lipinski definition) is 5. The molecule has 1 aromatic carbocycles. The molecular formula is C20H16ClN3O5. The smallest absolute Gasteiger partial charge is 0.279 e. The minimum atomic E-state index is -0.938. The number of ketones is 1. The molecule has 1 aliphatic rings. The summed E-state index contributed by atoms with van der Waals surface area (Å²) in [5, 5.41) is 10.9. The molecule has 1 saturated heterocycles. The summed E-state index contributed by atoms with van der Waals surface area (Å²) in [5.74, 6) is -1.53. The standard InChI is InChI=1S/C20H16ClN3O5/c21-13-3-1-2-12(8-13)9-24-7-6-22-11-15(17(26)18(27)16(22)20(24)29)19(28)23-5-4-14(25)10-23/h1-3,6-8,11,27H,4-5,9-10H2. The van der Waals surface area contributed by atoms with Crippen LogP contribution in [0.5, 0.6) is 5.75 Å². The summed E-state index contributed by atoms with van der Waals surface area (Å²) in [7, 11) is 0. The van der Waals surface area contributed by atoms with Crippen LogP contribution in [0.15, 0.2) is 52.4 Å². The van der Waals surface area contributed by atoms with Crippen molar-refractivity contribution in [3.8, 4) is 5.75 Å². The number of carbonyl (C=O) groups excluding carboxylic acids is 2. The van der Waals surface area contributed by atoms with Crippen LogP contribution in [0.3, 0.4) is 0 Å². The highest BCUT2D eigenvalue weighted by molar-refractivity contribution is 6.30. The summed E-state index contributed by atoms with van der Waals surface area (Å²) < 4.78 is 2.58. The van der Waals surface area contributed by atoms with Crippen molar-refractivity contribution in [3.63, 3.8) is 0 Å². The van der Waals surface area contributed by atoms with Gasteiger partial charge in [-0.3, -0.25) is 19.2 Å². The number of likely N-dealkylation sites (tertiary alicyclic amines) is 1. The van der Waals surface area contributed by atoms with Gasteiger partial charge in [0.1, 0.15) is 5.56 Å². The molecule has 8 nitrogen and oxygen atoms in total. The normalized spacial score (nSPS) is 14.0. The number of benzene rings is 1. The second kappa shape index (κ2) is 7.21. The minimum Gasteiger partial charge on any atom is -0.503 e. The lowest BCUT2D eigenvalue weighted by atomic mass is 10.2. The number of amides is 1. The summed E-state index contributed by atoms with van der Waals surface area (Å²) in [6.07, 6.45) is 4.43. The zero-order chi connectivity index (χ0) is 20.7. The topological polar surface area (TPSA) is 101 Å². The highest BCUT2D eigenvalue weighted by Crippen LogP contribution is 2.16. The summed E-state index contributed by atoms with van der Waals surface area (Å²) >= 11 is 5.97. The Morgan fingerprint density at radius 2 is 1.97 bits per heavy atom. The van der Waals surface area contributed by atoms with Gasteiger partial charge in [-0.1, -0.05) is 23.7 Å². The van der Waals surface area contributed by atoms with Crippen LogP contribution >= 0.6 is 11.6 Å². The molecule has 2 aromatic heterocycles. The third kappa shape index (κ3) is 3.42. The fourth-order valence-electron chi connectivity index (χ4n) is 3.39. The Morgan fingerprint density at radius 3 is 2.66 bits per heavy atom. The van der Waals surface area contributed by atoms with E-state index in [1.807, 2.05) is 0 Å². The molecule has 4 rings (SSSR count). The Balaban J connectivity index is 1.78. The zero-order valence-corrected chi connectivity index (χ0v) is 15.9. The van der Waals surface area contributed by atoms with Crippen molar-refractivity contribution in [2.75, 3.05) is 13.1 Å². The number of aromatic nitrogens is 2. The van der Waals surface area contributed by atoms with Gasteiger partial charge in [-0.15, -0.1) is 0 Å². The lowest BCUT2D eigenvalue weighted by Crippen LogP contribution is -2.34. The van der Waals surface area contributed by atoms with Crippen LogP contribution in [0.25, 0.3) is 5.52 Å². The van der Waals surface area contributed by atoms with Crippen molar-refractivity contribution in [2.24, 2.45) is 0 Å². The molecule has 0 atom stereocenters. The zero-order valence-electron chi connectivity index (χ0n) is 15.2. The molecule has 0 radical (unpaired) electrons. The Bertz CT molecular complexity index is 1280. The number of fused-ring (bicyclic) bond motifs is 1. The predicted octanol–water partition coefficient (Wildman–Crippen LogP) is 1.28. The molecule has 0 bridgehead atoms. The summed E-state index contributed by atoms with van der Waals surface area (Å²) in [5.41, 5.74) is -1.27. The van der Waals surface area contributed by atoms with E-state index in [4.69, 9.17) is 11.6 Å². The van der Waals surface area contributed by atoms with Crippen LogP contribution < -0.4 is 11.0 Å². The van der Waals surface area contributed by atoms with Gasteiger partial charge >= 0.3 is 0 Å². The van der Waals surface area contributed by atoms with Gasteiger partial charge in [0.25, 0.3) is 11.5 Å². The molecule has 0 saturated carbocycles. The fraction of sp³-hybridized carbons (Fsp3) is 0.200. The summed E-state index contributed by atoms with van der Waals surface area (Å²) in [6, 6.07) is 6.98. The number of Topliss-reactive ketones (excluding diaryl/α,β-unsaturated/α-hetero) is 1. The van der Waals surface area contributed by atoms with Crippen LogP contribution in [0, 0.1) is 0 Å². The summed E-state index contributed by atoms with van der Waals surface area (Å²) in [4.78, 5) is 50.7. The van der Waals surface area contributed by atoms with Gasteiger partial charge in [-0.05, 0) is 17.7 Å². The van der Waals surface area contributed by atoms with Crippen molar-refractivity contribution in [1.29, 1.82) is 0 Å². The first-order valence-corrected chi connectivity index (χ1v) is 9.26. The van der Waals surface area contributed by atoms with E-state index in [0.29, 0.717) is 5.02 Å². The van der Waals surface area contributed by atoms with Crippen LogP contribution in [0.1, 0.15) is 22.3 Å². The van der Waals surface area contributed by atoms with Crippen LogP contribution in [0.4, 0.5) is 0 Å². The number of hydrogen-bond donors (Lipinski definition) is 1. The average molecular weight is 414 g/mol. The molecule has 0 spiro atoms. The molecule has 1 fully saturated rings. The van der Waals surface area contributed by atoms with Crippen molar-refractivity contribution >= 4 is 28.8 Å². The second-order valence-corrected chi connectivity index (χ2v) is 7.29. The van der Waals surface area contributed by atoms with Gasteiger partial charge in [0.15, 0.2) is 17.0 Å².